The zero-order valence-corrected chi connectivity index (χ0v) is 11.5. The van der Waals surface area contributed by atoms with Gasteiger partial charge in [0.15, 0.2) is 0 Å². The van der Waals surface area contributed by atoms with Crippen molar-refractivity contribution in [3.8, 4) is 0 Å². The second kappa shape index (κ2) is 5.80. The quantitative estimate of drug-likeness (QED) is 0.696. The third-order valence-electron chi connectivity index (χ3n) is 3.47. The van der Waals surface area contributed by atoms with Crippen LogP contribution in [-0.4, -0.2) is 67.1 Å². The number of likely N-dealkylation sites (N-methyl/N-ethyl adjacent to an activating group) is 1. The normalized spacial score (nSPS) is 21.2. The van der Waals surface area contributed by atoms with Crippen LogP contribution in [0.1, 0.15) is 20.8 Å². The summed E-state index contributed by atoms with van der Waals surface area (Å²) in [7, 11) is 2.14. The Labute approximate surface area is 104 Å². The molecule has 0 aromatic carbocycles. The molecule has 5 nitrogen and oxygen atoms in total. The minimum atomic E-state index is -0.432. The van der Waals surface area contributed by atoms with Crippen molar-refractivity contribution in [3.05, 3.63) is 0 Å². The molecule has 1 unspecified atom stereocenters. The SMILES string of the molecule is CC(N)C(=O)NCC(C)(C)N1CCN(C)CC1. The Morgan fingerprint density at radius 3 is 2.35 bits per heavy atom. The van der Waals surface area contributed by atoms with Crippen molar-refractivity contribution < 1.29 is 4.79 Å². The van der Waals surface area contributed by atoms with E-state index in [1.807, 2.05) is 0 Å². The number of nitrogens with two attached hydrogens (primary N) is 1. The first-order valence-corrected chi connectivity index (χ1v) is 6.30. The van der Waals surface area contributed by atoms with Gasteiger partial charge < -0.3 is 16.0 Å². The predicted octanol–water partition coefficient (Wildman–Crippen LogP) is -0.524. The Bertz CT molecular complexity index is 257. The minimum absolute atomic E-state index is 0.00812. The number of carbonyl (C=O) groups is 1. The van der Waals surface area contributed by atoms with Crippen LogP contribution in [-0.2, 0) is 4.79 Å². The van der Waals surface area contributed by atoms with Crippen LogP contribution in [0.15, 0.2) is 0 Å². The number of hydrogen-bond donors (Lipinski definition) is 2. The summed E-state index contributed by atoms with van der Waals surface area (Å²) in [6, 6.07) is -0.432. The van der Waals surface area contributed by atoms with Gasteiger partial charge in [-0.3, -0.25) is 9.69 Å². The Morgan fingerprint density at radius 2 is 1.88 bits per heavy atom. The van der Waals surface area contributed by atoms with E-state index in [4.69, 9.17) is 5.73 Å². The molecule has 100 valence electrons. The van der Waals surface area contributed by atoms with E-state index in [9.17, 15) is 4.79 Å². The molecule has 0 spiro atoms. The number of hydrogen-bond acceptors (Lipinski definition) is 4. The van der Waals surface area contributed by atoms with Crippen LogP contribution in [0.5, 0.6) is 0 Å². The maximum atomic E-state index is 11.5. The molecule has 1 heterocycles. The number of amides is 1. The van der Waals surface area contributed by atoms with Gasteiger partial charge in [-0.25, -0.2) is 0 Å². The Morgan fingerprint density at radius 1 is 1.35 bits per heavy atom. The van der Waals surface area contributed by atoms with Crippen molar-refractivity contribution in [3.63, 3.8) is 0 Å². The Kier molecular flexibility index (Phi) is 4.91. The number of nitrogens with one attached hydrogen (secondary N) is 1. The van der Waals surface area contributed by atoms with Gasteiger partial charge in [-0.2, -0.15) is 0 Å². The van der Waals surface area contributed by atoms with Crippen molar-refractivity contribution in [2.24, 2.45) is 5.73 Å². The lowest BCUT2D eigenvalue weighted by atomic mass is 10.0. The molecule has 0 aromatic rings. The highest BCUT2D eigenvalue weighted by Gasteiger charge is 2.29. The van der Waals surface area contributed by atoms with Crippen LogP contribution in [0.4, 0.5) is 0 Å². The van der Waals surface area contributed by atoms with Crippen molar-refractivity contribution >= 4 is 5.91 Å². The molecule has 17 heavy (non-hydrogen) atoms. The number of carbonyl (C=O) groups excluding carboxylic acids is 1. The Hall–Kier alpha value is -0.650. The van der Waals surface area contributed by atoms with E-state index in [0.29, 0.717) is 6.54 Å². The van der Waals surface area contributed by atoms with Gasteiger partial charge in [0.25, 0.3) is 0 Å². The summed E-state index contributed by atoms with van der Waals surface area (Å²) in [5.41, 5.74) is 5.52. The first-order valence-electron chi connectivity index (χ1n) is 6.30. The molecule has 1 rings (SSSR count). The van der Waals surface area contributed by atoms with Crippen LogP contribution in [0.3, 0.4) is 0 Å². The van der Waals surface area contributed by atoms with E-state index in [1.165, 1.54) is 0 Å². The largest absolute Gasteiger partial charge is 0.353 e. The molecular weight excluding hydrogens is 216 g/mol. The smallest absolute Gasteiger partial charge is 0.236 e. The average molecular weight is 242 g/mol. The van der Waals surface area contributed by atoms with E-state index in [2.05, 4.69) is 36.0 Å². The van der Waals surface area contributed by atoms with Crippen molar-refractivity contribution in [2.45, 2.75) is 32.4 Å². The molecule has 0 saturated carbocycles. The van der Waals surface area contributed by atoms with Gasteiger partial charge in [0.05, 0.1) is 6.04 Å². The molecule has 1 amide bonds. The number of piperazine rings is 1. The fourth-order valence-electron chi connectivity index (χ4n) is 1.99. The molecule has 3 N–H and O–H groups in total. The second-order valence-corrected chi connectivity index (χ2v) is 5.61. The molecule has 0 aliphatic carbocycles. The zero-order valence-electron chi connectivity index (χ0n) is 11.5. The minimum Gasteiger partial charge on any atom is -0.353 e. The van der Waals surface area contributed by atoms with Gasteiger partial charge in [-0.05, 0) is 27.8 Å². The van der Waals surface area contributed by atoms with Crippen LogP contribution in [0.25, 0.3) is 0 Å². The summed E-state index contributed by atoms with van der Waals surface area (Å²) in [5.74, 6) is -0.0767. The maximum Gasteiger partial charge on any atom is 0.236 e. The zero-order chi connectivity index (χ0) is 13.1. The fraction of sp³-hybridized carbons (Fsp3) is 0.917. The molecular formula is C12H26N4O. The standard InChI is InChI=1S/C12H26N4O/c1-10(13)11(17)14-9-12(2,3)16-7-5-15(4)6-8-16/h10H,5-9,13H2,1-4H3,(H,14,17). The topological polar surface area (TPSA) is 61.6 Å². The van der Waals surface area contributed by atoms with Gasteiger partial charge in [0.1, 0.15) is 0 Å². The van der Waals surface area contributed by atoms with E-state index < -0.39 is 6.04 Å². The first kappa shape index (κ1) is 14.4. The lowest BCUT2D eigenvalue weighted by molar-refractivity contribution is -0.122. The Balaban J connectivity index is 2.42. The monoisotopic (exact) mass is 242 g/mol. The summed E-state index contributed by atoms with van der Waals surface area (Å²) >= 11 is 0. The average Bonchev–Trinajstić information content (AvgIpc) is 2.26. The molecule has 1 aliphatic rings. The number of nitrogens with zero attached hydrogens (tertiary/aromatic N) is 2. The molecule has 1 atom stereocenters. The van der Waals surface area contributed by atoms with Gasteiger partial charge in [-0.15, -0.1) is 0 Å². The molecule has 0 bridgehead atoms. The third kappa shape index (κ3) is 4.26. The lowest BCUT2D eigenvalue weighted by Crippen LogP contribution is -2.58. The lowest BCUT2D eigenvalue weighted by Gasteiger charge is -2.43. The van der Waals surface area contributed by atoms with E-state index in [-0.39, 0.29) is 11.4 Å². The van der Waals surface area contributed by atoms with Gasteiger partial charge in [0, 0.05) is 38.3 Å². The van der Waals surface area contributed by atoms with Crippen molar-refractivity contribution in [1.29, 1.82) is 0 Å². The summed E-state index contributed by atoms with van der Waals surface area (Å²) in [4.78, 5) is 16.2. The van der Waals surface area contributed by atoms with Gasteiger partial charge >= 0.3 is 0 Å². The van der Waals surface area contributed by atoms with E-state index >= 15 is 0 Å². The van der Waals surface area contributed by atoms with Crippen molar-refractivity contribution in [2.75, 3.05) is 39.8 Å². The highest BCUT2D eigenvalue weighted by molar-refractivity contribution is 5.81. The predicted molar refractivity (Wildman–Crippen MR) is 69.8 cm³/mol. The van der Waals surface area contributed by atoms with Gasteiger partial charge in [0.2, 0.25) is 5.91 Å². The molecule has 1 aliphatic heterocycles. The fourth-order valence-corrected chi connectivity index (χ4v) is 1.99. The third-order valence-corrected chi connectivity index (χ3v) is 3.47. The summed E-state index contributed by atoms with van der Waals surface area (Å²) in [5, 5.41) is 2.91. The number of rotatable bonds is 4. The highest BCUT2D eigenvalue weighted by atomic mass is 16.2. The highest BCUT2D eigenvalue weighted by Crippen LogP contribution is 2.15. The van der Waals surface area contributed by atoms with Crippen LogP contribution < -0.4 is 11.1 Å². The van der Waals surface area contributed by atoms with Crippen LogP contribution in [0, 0.1) is 0 Å². The van der Waals surface area contributed by atoms with Crippen LogP contribution >= 0.6 is 0 Å². The maximum absolute atomic E-state index is 11.5. The van der Waals surface area contributed by atoms with Gasteiger partial charge in [-0.1, -0.05) is 0 Å². The molecule has 5 heteroatoms. The van der Waals surface area contributed by atoms with Crippen molar-refractivity contribution in [1.82, 2.24) is 15.1 Å². The molecule has 1 saturated heterocycles. The molecule has 1 fully saturated rings. The second-order valence-electron chi connectivity index (χ2n) is 5.61. The summed E-state index contributed by atoms with van der Waals surface area (Å²) in [6.45, 7) is 11.0. The summed E-state index contributed by atoms with van der Waals surface area (Å²) < 4.78 is 0. The van der Waals surface area contributed by atoms with E-state index in [1.54, 1.807) is 6.92 Å². The van der Waals surface area contributed by atoms with E-state index in [0.717, 1.165) is 26.2 Å². The van der Waals surface area contributed by atoms with Crippen LogP contribution in [0.2, 0.25) is 0 Å². The molecule has 0 aromatic heterocycles. The molecule has 0 radical (unpaired) electrons. The first-order chi connectivity index (χ1) is 7.83. The summed E-state index contributed by atoms with van der Waals surface area (Å²) in [6.07, 6.45) is 0.